The number of hydrogen-bond donors (Lipinski definition) is 1. The van der Waals surface area contributed by atoms with Gasteiger partial charge in [-0.15, -0.1) is 0 Å². The summed E-state index contributed by atoms with van der Waals surface area (Å²) in [7, 11) is 0. The number of nitrogens with zero attached hydrogens (tertiary/aromatic N) is 1. The Morgan fingerprint density at radius 2 is 1.75 bits per heavy atom. The highest BCUT2D eigenvalue weighted by atomic mass is 19.1. The van der Waals surface area contributed by atoms with Crippen molar-refractivity contribution in [2.24, 2.45) is 0 Å². The first-order chi connectivity index (χ1) is 13.7. The number of halogens is 1. The molecule has 1 aromatic heterocycles. The van der Waals surface area contributed by atoms with Crippen molar-refractivity contribution in [1.29, 1.82) is 0 Å². The lowest BCUT2D eigenvalue weighted by Crippen LogP contribution is -2.15. The zero-order chi connectivity index (χ0) is 19.3. The largest absolute Gasteiger partial charge is 0.312 e. The van der Waals surface area contributed by atoms with Gasteiger partial charge < -0.3 is 5.32 Å². The molecule has 1 N–H and O–H groups in total. The second kappa shape index (κ2) is 8.32. The summed E-state index contributed by atoms with van der Waals surface area (Å²) in [6, 6.07) is 19.4. The molecule has 1 aliphatic carbocycles. The van der Waals surface area contributed by atoms with E-state index in [-0.39, 0.29) is 5.82 Å². The Bertz CT molecular complexity index is 1020. The molecule has 1 heterocycles. The lowest BCUT2D eigenvalue weighted by atomic mass is 10.0. The molecular formula is C25H23FN2. The summed E-state index contributed by atoms with van der Waals surface area (Å²) >= 11 is 0. The van der Waals surface area contributed by atoms with Crippen LogP contribution in [-0.4, -0.2) is 11.5 Å². The van der Waals surface area contributed by atoms with Gasteiger partial charge in [0.05, 0.1) is 0 Å². The molecule has 0 fully saturated rings. The second-order valence-electron chi connectivity index (χ2n) is 7.04. The van der Waals surface area contributed by atoms with Crippen molar-refractivity contribution in [2.45, 2.75) is 19.9 Å². The highest BCUT2D eigenvalue weighted by Crippen LogP contribution is 2.43. The van der Waals surface area contributed by atoms with Crippen LogP contribution in [0.25, 0.3) is 17.2 Å². The SMILES string of the molecule is CC1=C(CCNCc2ccccc2)c2cc(F)ccc2/C1=C\c1ccncc1. The molecule has 1 aliphatic rings. The zero-order valence-corrected chi connectivity index (χ0v) is 16.0. The van der Waals surface area contributed by atoms with Gasteiger partial charge in [0, 0.05) is 18.9 Å². The smallest absolute Gasteiger partial charge is 0.123 e. The van der Waals surface area contributed by atoms with E-state index < -0.39 is 0 Å². The second-order valence-corrected chi connectivity index (χ2v) is 7.04. The molecule has 3 aromatic rings. The van der Waals surface area contributed by atoms with Crippen LogP contribution in [0.15, 0.2) is 78.6 Å². The molecular weight excluding hydrogens is 347 g/mol. The number of fused-ring (bicyclic) bond motifs is 1. The minimum absolute atomic E-state index is 0.188. The van der Waals surface area contributed by atoms with Gasteiger partial charge in [0.15, 0.2) is 0 Å². The predicted molar refractivity (Wildman–Crippen MR) is 114 cm³/mol. The van der Waals surface area contributed by atoms with Gasteiger partial charge in [-0.25, -0.2) is 4.39 Å². The highest BCUT2D eigenvalue weighted by Gasteiger charge is 2.23. The Morgan fingerprint density at radius 3 is 2.54 bits per heavy atom. The van der Waals surface area contributed by atoms with Crippen molar-refractivity contribution in [3.05, 3.63) is 107 Å². The maximum absolute atomic E-state index is 14.0. The summed E-state index contributed by atoms with van der Waals surface area (Å²) in [6.07, 6.45) is 6.61. The summed E-state index contributed by atoms with van der Waals surface area (Å²) in [5.74, 6) is -0.188. The first-order valence-corrected chi connectivity index (χ1v) is 9.59. The van der Waals surface area contributed by atoms with E-state index in [1.165, 1.54) is 22.3 Å². The average Bonchev–Trinajstić information content (AvgIpc) is 2.97. The number of aromatic nitrogens is 1. The van der Waals surface area contributed by atoms with Gasteiger partial charge >= 0.3 is 0 Å². The van der Waals surface area contributed by atoms with Crippen LogP contribution in [0.1, 0.15) is 35.6 Å². The summed E-state index contributed by atoms with van der Waals surface area (Å²) in [4.78, 5) is 4.09. The van der Waals surface area contributed by atoms with Crippen molar-refractivity contribution in [1.82, 2.24) is 10.3 Å². The van der Waals surface area contributed by atoms with Crippen LogP contribution in [-0.2, 0) is 6.54 Å². The topological polar surface area (TPSA) is 24.9 Å². The van der Waals surface area contributed by atoms with Gasteiger partial charge in [-0.05, 0) is 89.2 Å². The lowest BCUT2D eigenvalue weighted by Gasteiger charge is -2.08. The molecule has 0 amide bonds. The molecule has 0 atom stereocenters. The Kier molecular flexibility index (Phi) is 5.45. The fourth-order valence-corrected chi connectivity index (χ4v) is 3.74. The van der Waals surface area contributed by atoms with E-state index in [1.807, 2.05) is 24.3 Å². The van der Waals surface area contributed by atoms with Crippen LogP contribution in [0.2, 0.25) is 0 Å². The number of nitrogens with one attached hydrogen (secondary N) is 1. The monoisotopic (exact) mass is 370 g/mol. The molecule has 140 valence electrons. The maximum atomic E-state index is 14.0. The van der Waals surface area contributed by atoms with Crippen LogP contribution in [0.5, 0.6) is 0 Å². The van der Waals surface area contributed by atoms with Crippen molar-refractivity contribution >= 4 is 17.2 Å². The van der Waals surface area contributed by atoms with E-state index in [1.54, 1.807) is 24.5 Å². The Hall–Kier alpha value is -3.04. The molecule has 3 heteroatoms. The van der Waals surface area contributed by atoms with E-state index in [2.05, 4.69) is 47.6 Å². The Balaban J connectivity index is 1.56. The van der Waals surface area contributed by atoms with E-state index in [0.29, 0.717) is 0 Å². The Labute approximate surface area is 165 Å². The van der Waals surface area contributed by atoms with Gasteiger partial charge in [-0.1, -0.05) is 36.4 Å². The maximum Gasteiger partial charge on any atom is 0.123 e. The van der Waals surface area contributed by atoms with Crippen LogP contribution < -0.4 is 5.32 Å². The lowest BCUT2D eigenvalue weighted by molar-refractivity contribution is 0.627. The van der Waals surface area contributed by atoms with Crippen molar-refractivity contribution in [2.75, 3.05) is 6.54 Å². The van der Waals surface area contributed by atoms with Crippen molar-refractivity contribution in [3.63, 3.8) is 0 Å². The Morgan fingerprint density at radius 1 is 0.964 bits per heavy atom. The number of hydrogen-bond acceptors (Lipinski definition) is 2. The average molecular weight is 370 g/mol. The van der Waals surface area contributed by atoms with Crippen LogP contribution >= 0.6 is 0 Å². The molecule has 4 rings (SSSR count). The van der Waals surface area contributed by atoms with Gasteiger partial charge in [-0.2, -0.15) is 0 Å². The summed E-state index contributed by atoms with van der Waals surface area (Å²) < 4.78 is 14.0. The molecule has 0 unspecified atom stereocenters. The van der Waals surface area contributed by atoms with E-state index in [0.717, 1.165) is 36.2 Å². The fourth-order valence-electron chi connectivity index (χ4n) is 3.74. The molecule has 2 aromatic carbocycles. The number of rotatable bonds is 6. The fraction of sp³-hybridized carbons (Fsp3) is 0.160. The third kappa shape index (κ3) is 3.95. The number of benzene rings is 2. The van der Waals surface area contributed by atoms with Gasteiger partial charge in [0.1, 0.15) is 5.82 Å². The molecule has 2 nitrogen and oxygen atoms in total. The standard InChI is InChI=1S/C25H23FN2/c1-18-22(11-14-28-17-20-5-3-2-4-6-20)25-16-21(26)7-8-23(25)24(18)15-19-9-12-27-13-10-19/h2-10,12-13,15-16,28H,11,14,17H2,1H3/b24-15-. The highest BCUT2D eigenvalue weighted by molar-refractivity contribution is 6.05. The first kappa shape index (κ1) is 18.3. The molecule has 0 radical (unpaired) electrons. The van der Waals surface area contributed by atoms with Gasteiger partial charge in [0.2, 0.25) is 0 Å². The zero-order valence-electron chi connectivity index (χ0n) is 16.0. The minimum Gasteiger partial charge on any atom is -0.312 e. The van der Waals surface area contributed by atoms with Crippen LogP contribution in [0.4, 0.5) is 4.39 Å². The quantitative estimate of drug-likeness (QED) is 0.561. The molecule has 0 bridgehead atoms. The third-order valence-electron chi connectivity index (χ3n) is 5.19. The normalized spacial score (nSPS) is 14.6. The number of allylic oxidation sites excluding steroid dienone is 2. The summed E-state index contributed by atoms with van der Waals surface area (Å²) in [6.45, 7) is 3.82. The minimum atomic E-state index is -0.188. The third-order valence-corrected chi connectivity index (χ3v) is 5.19. The molecule has 0 saturated carbocycles. The predicted octanol–water partition coefficient (Wildman–Crippen LogP) is 5.73. The first-order valence-electron chi connectivity index (χ1n) is 9.59. The van der Waals surface area contributed by atoms with Crippen LogP contribution in [0.3, 0.4) is 0 Å². The summed E-state index contributed by atoms with van der Waals surface area (Å²) in [5, 5.41) is 3.50. The van der Waals surface area contributed by atoms with E-state index in [4.69, 9.17) is 0 Å². The van der Waals surface area contributed by atoms with Gasteiger partial charge in [0.25, 0.3) is 0 Å². The van der Waals surface area contributed by atoms with Crippen molar-refractivity contribution in [3.8, 4) is 0 Å². The van der Waals surface area contributed by atoms with E-state index in [9.17, 15) is 4.39 Å². The number of pyridine rings is 1. The molecule has 0 aliphatic heterocycles. The van der Waals surface area contributed by atoms with E-state index >= 15 is 0 Å². The molecule has 0 saturated heterocycles. The molecule has 28 heavy (non-hydrogen) atoms. The van der Waals surface area contributed by atoms with Crippen LogP contribution in [0, 0.1) is 5.82 Å². The molecule has 0 spiro atoms. The summed E-state index contributed by atoms with van der Waals surface area (Å²) in [5.41, 5.74) is 8.09. The van der Waals surface area contributed by atoms with Gasteiger partial charge in [-0.3, -0.25) is 4.98 Å². The van der Waals surface area contributed by atoms with Crippen molar-refractivity contribution < 1.29 is 4.39 Å².